The molecule has 6 nitrogen and oxygen atoms in total. The highest BCUT2D eigenvalue weighted by Crippen LogP contribution is 2.42. The van der Waals surface area contributed by atoms with E-state index in [4.69, 9.17) is 4.74 Å². The van der Waals surface area contributed by atoms with E-state index in [2.05, 4.69) is 16.3 Å². The first-order valence-electron chi connectivity index (χ1n) is 9.27. The topological polar surface area (TPSA) is 61.9 Å². The molecule has 0 aromatic rings. The van der Waals surface area contributed by atoms with E-state index < -0.39 is 0 Å². The Balaban J connectivity index is 1.42. The average Bonchev–Trinajstić information content (AvgIpc) is 2.96. The Morgan fingerprint density at radius 2 is 2.17 bits per heavy atom. The number of carbonyl (C=O) groups is 2. The third-order valence-corrected chi connectivity index (χ3v) is 6.30. The molecule has 4 heterocycles. The summed E-state index contributed by atoms with van der Waals surface area (Å²) in [5, 5.41) is 3.00. The fourth-order valence-corrected chi connectivity index (χ4v) is 4.86. The molecule has 3 saturated heterocycles. The highest BCUT2D eigenvalue weighted by Gasteiger charge is 2.44. The van der Waals surface area contributed by atoms with E-state index in [1.54, 1.807) is 0 Å². The normalized spacial score (nSPS) is 31.2. The van der Waals surface area contributed by atoms with Crippen LogP contribution in [0.5, 0.6) is 0 Å². The molecule has 1 aliphatic carbocycles. The second kappa shape index (κ2) is 5.97. The van der Waals surface area contributed by atoms with Gasteiger partial charge in [0.2, 0.25) is 5.91 Å². The zero-order chi connectivity index (χ0) is 16.7. The van der Waals surface area contributed by atoms with Crippen LogP contribution in [-0.2, 0) is 9.53 Å². The van der Waals surface area contributed by atoms with Crippen molar-refractivity contribution in [2.45, 2.75) is 45.1 Å². The molecule has 0 aromatic carbocycles. The quantitative estimate of drug-likeness (QED) is 0.836. The van der Waals surface area contributed by atoms with Crippen LogP contribution in [0, 0.1) is 11.3 Å². The standard InChI is InChI=1S/C18H27N3O3/c1-2-24-17(23)21-11-13-3-4-14(21)9-15(13)20-7-5-18(6-8-20)10-16(22)19-12-18/h9,13-14H,2-8,10-12H2,1H3,(H,19,22). The number of fused-ring (bicyclic) bond motifs is 2. The van der Waals surface area contributed by atoms with Crippen molar-refractivity contribution in [3.63, 3.8) is 0 Å². The molecule has 1 spiro atoms. The number of nitrogens with zero attached hydrogens (tertiary/aromatic N) is 2. The first kappa shape index (κ1) is 15.8. The fraction of sp³-hybridized carbons (Fsp3) is 0.778. The molecule has 3 fully saturated rings. The van der Waals surface area contributed by atoms with Gasteiger partial charge in [-0.1, -0.05) is 0 Å². The van der Waals surface area contributed by atoms with Gasteiger partial charge in [-0.15, -0.1) is 0 Å². The number of carbonyl (C=O) groups excluding carboxylic acids is 2. The molecule has 0 saturated carbocycles. The van der Waals surface area contributed by atoms with Gasteiger partial charge in [0.25, 0.3) is 0 Å². The smallest absolute Gasteiger partial charge is 0.410 e. The molecule has 2 unspecified atom stereocenters. The summed E-state index contributed by atoms with van der Waals surface area (Å²) in [4.78, 5) is 28.1. The summed E-state index contributed by atoms with van der Waals surface area (Å²) < 4.78 is 5.19. The van der Waals surface area contributed by atoms with Gasteiger partial charge in [-0.3, -0.25) is 4.79 Å². The summed E-state index contributed by atoms with van der Waals surface area (Å²) in [7, 11) is 0. The van der Waals surface area contributed by atoms with Crippen LogP contribution in [0.4, 0.5) is 4.79 Å². The molecule has 5 aliphatic rings. The van der Waals surface area contributed by atoms with Crippen LogP contribution >= 0.6 is 0 Å². The summed E-state index contributed by atoms with van der Waals surface area (Å²) in [5.41, 5.74) is 1.62. The van der Waals surface area contributed by atoms with Gasteiger partial charge >= 0.3 is 6.09 Å². The predicted molar refractivity (Wildman–Crippen MR) is 89.2 cm³/mol. The number of amides is 2. The Morgan fingerprint density at radius 3 is 2.75 bits per heavy atom. The Morgan fingerprint density at radius 1 is 1.38 bits per heavy atom. The molecular formula is C18H27N3O3. The van der Waals surface area contributed by atoms with Crippen LogP contribution < -0.4 is 5.32 Å². The van der Waals surface area contributed by atoms with Crippen LogP contribution in [0.1, 0.15) is 39.0 Å². The number of rotatable bonds is 2. The lowest BCUT2D eigenvalue weighted by Gasteiger charge is -2.49. The summed E-state index contributed by atoms with van der Waals surface area (Å²) >= 11 is 0. The number of hydrogen-bond donors (Lipinski definition) is 1. The molecular weight excluding hydrogens is 306 g/mol. The van der Waals surface area contributed by atoms with E-state index in [1.165, 1.54) is 5.70 Å². The van der Waals surface area contributed by atoms with E-state index in [-0.39, 0.29) is 23.5 Å². The zero-order valence-electron chi connectivity index (χ0n) is 14.4. The Kier molecular flexibility index (Phi) is 3.93. The third kappa shape index (κ3) is 2.66. The largest absolute Gasteiger partial charge is 0.450 e. The van der Waals surface area contributed by atoms with E-state index in [9.17, 15) is 9.59 Å². The molecule has 2 amide bonds. The van der Waals surface area contributed by atoms with Crippen molar-refractivity contribution >= 4 is 12.0 Å². The molecule has 6 heteroatoms. The summed E-state index contributed by atoms with van der Waals surface area (Å²) in [6.45, 7) is 5.99. The first-order chi connectivity index (χ1) is 11.6. The molecule has 4 aliphatic heterocycles. The van der Waals surface area contributed by atoms with Crippen LogP contribution in [0.15, 0.2) is 11.8 Å². The maximum absolute atomic E-state index is 12.1. The lowest BCUT2D eigenvalue weighted by atomic mass is 9.76. The van der Waals surface area contributed by atoms with Gasteiger partial charge in [0.05, 0.1) is 12.6 Å². The summed E-state index contributed by atoms with van der Waals surface area (Å²) in [5.74, 6) is 0.654. The van der Waals surface area contributed by atoms with Crippen molar-refractivity contribution in [3.8, 4) is 0 Å². The maximum atomic E-state index is 12.1. The second-order valence-electron chi connectivity index (χ2n) is 7.72. The van der Waals surface area contributed by atoms with Gasteiger partial charge in [0, 0.05) is 44.2 Å². The van der Waals surface area contributed by atoms with Crippen LogP contribution in [0.2, 0.25) is 0 Å². The second-order valence-corrected chi connectivity index (χ2v) is 7.72. The van der Waals surface area contributed by atoms with Gasteiger partial charge in [-0.05, 0) is 44.1 Å². The van der Waals surface area contributed by atoms with Crippen molar-refractivity contribution in [2.24, 2.45) is 11.3 Å². The molecule has 2 bridgehead atoms. The fourth-order valence-electron chi connectivity index (χ4n) is 4.86. The molecule has 5 rings (SSSR count). The van der Waals surface area contributed by atoms with Crippen molar-refractivity contribution in [3.05, 3.63) is 11.8 Å². The van der Waals surface area contributed by atoms with Gasteiger partial charge in [0.1, 0.15) is 0 Å². The van der Waals surface area contributed by atoms with E-state index in [0.717, 1.165) is 51.9 Å². The number of hydrogen-bond acceptors (Lipinski definition) is 4. The van der Waals surface area contributed by atoms with Crippen LogP contribution in [0.3, 0.4) is 0 Å². The highest BCUT2D eigenvalue weighted by molar-refractivity contribution is 5.79. The molecule has 0 radical (unpaired) electrons. The Hall–Kier alpha value is -1.72. The monoisotopic (exact) mass is 333 g/mol. The summed E-state index contributed by atoms with van der Waals surface area (Å²) in [6, 6.07) is 0.190. The lowest BCUT2D eigenvalue weighted by molar-refractivity contribution is -0.119. The van der Waals surface area contributed by atoms with E-state index in [1.807, 2.05) is 11.8 Å². The van der Waals surface area contributed by atoms with Gasteiger partial charge in [0.15, 0.2) is 0 Å². The molecule has 132 valence electrons. The zero-order valence-corrected chi connectivity index (χ0v) is 14.4. The van der Waals surface area contributed by atoms with E-state index >= 15 is 0 Å². The molecule has 0 aromatic heterocycles. The van der Waals surface area contributed by atoms with Crippen molar-refractivity contribution < 1.29 is 14.3 Å². The number of ether oxygens (including phenoxy) is 1. The van der Waals surface area contributed by atoms with Gasteiger partial charge in [-0.2, -0.15) is 0 Å². The lowest BCUT2D eigenvalue weighted by Crippen LogP contribution is -2.53. The molecule has 1 N–H and O–H groups in total. The Bertz CT molecular complexity index is 566. The van der Waals surface area contributed by atoms with Gasteiger partial charge < -0.3 is 19.9 Å². The number of likely N-dealkylation sites (tertiary alicyclic amines) is 1. The van der Waals surface area contributed by atoms with Crippen molar-refractivity contribution in [2.75, 3.05) is 32.8 Å². The van der Waals surface area contributed by atoms with Crippen molar-refractivity contribution in [1.29, 1.82) is 0 Å². The highest BCUT2D eigenvalue weighted by atomic mass is 16.6. The predicted octanol–water partition coefficient (Wildman–Crippen LogP) is 1.72. The van der Waals surface area contributed by atoms with Crippen molar-refractivity contribution in [1.82, 2.24) is 15.1 Å². The minimum Gasteiger partial charge on any atom is -0.450 e. The SMILES string of the molecule is CCOC(=O)N1CC2CCC1C=C2N1CCC2(CC1)CNC(=O)C2. The minimum atomic E-state index is -0.171. The average molecular weight is 333 g/mol. The molecule has 2 atom stereocenters. The van der Waals surface area contributed by atoms with Crippen LogP contribution in [0.25, 0.3) is 0 Å². The first-order valence-corrected chi connectivity index (χ1v) is 9.27. The minimum absolute atomic E-state index is 0.171. The maximum Gasteiger partial charge on any atom is 0.410 e. The Labute approximate surface area is 143 Å². The number of nitrogens with one attached hydrogen (secondary N) is 1. The van der Waals surface area contributed by atoms with E-state index in [0.29, 0.717) is 18.9 Å². The number of piperidine rings is 2. The summed E-state index contributed by atoms with van der Waals surface area (Å²) in [6.07, 6.45) is 7.20. The van der Waals surface area contributed by atoms with Crippen LogP contribution in [-0.4, -0.2) is 60.6 Å². The molecule has 24 heavy (non-hydrogen) atoms. The third-order valence-electron chi connectivity index (χ3n) is 6.30. The van der Waals surface area contributed by atoms with Gasteiger partial charge in [-0.25, -0.2) is 4.79 Å².